The molecule has 1 aliphatic carbocycles. The standard InChI is InChI=1S/C59H99O12P/c1-3-5-7-9-11-13-15-17-19-21-23-25-26-27-29-31-33-35-37-39-41-43-45-47-49-68-50-52(51-69-72(66,67)71-59-57(64)55(62)54(61)56(63)58(59)65)70-53(60)48-46-44-42-40-38-36-34-32-30-28-24-22-20-18-16-14-12-10-8-6-4-2/h6,8,12,14-15,17-18,20-21,23-24,26-28,32,34,38,40,52,54-59,61-65H,3-5,7,9-11,13,16,19,22,25,29-31,33,35-37,39,41-51H2,1-2H3,(H,66,67)/b8-6-,14-12-,17-15-,20-18-,23-21-,27-26-,28-24-,34-32-,40-38-. The summed E-state index contributed by atoms with van der Waals surface area (Å²) in [5, 5.41) is 50.4. The minimum absolute atomic E-state index is 0.106. The number of allylic oxidation sites excluding steroid dienone is 18. The predicted molar refractivity (Wildman–Crippen MR) is 294 cm³/mol. The fourth-order valence-electron chi connectivity index (χ4n) is 7.78. The Morgan fingerprint density at radius 2 is 0.819 bits per heavy atom. The quantitative estimate of drug-likeness (QED) is 0.0147. The summed E-state index contributed by atoms with van der Waals surface area (Å²) in [6, 6.07) is 0. The van der Waals surface area contributed by atoms with Crippen LogP contribution in [0.25, 0.3) is 0 Å². The van der Waals surface area contributed by atoms with Crippen molar-refractivity contribution >= 4 is 13.8 Å². The lowest BCUT2D eigenvalue weighted by molar-refractivity contribution is -0.220. The topological polar surface area (TPSA) is 192 Å². The number of carbonyl (C=O) groups excluding carboxylic acids is 1. The average Bonchev–Trinajstić information content (AvgIpc) is 3.37. The molecule has 1 aliphatic rings. The molecule has 6 unspecified atom stereocenters. The first-order chi connectivity index (χ1) is 35.0. The normalized spacial score (nSPS) is 21.5. The lowest BCUT2D eigenvalue weighted by atomic mass is 9.85. The van der Waals surface area contributed by atoms with Crippen LogP contribution >= 0.6 is 7.82 Å². The van der Waals surface area contributed by atoms with Crippen molar-refractivity contribution in [2.24, 2.45) is 0 Å². The maximum absolute atomic E-state index is 12.9. The van der Waals surface area contributed by atoms with Crippen molar-refractivity contribution < 1.29 is 58.3 Å². The molecule has 0 aromatic carbocycles. The van der Waals surface area contributed by atoms with E-state index in [1.54, 1.807) is 0 Å². The van der Waals surface area contributed by atoms with Crippen LogP contribution in [0.15, 0.2) is 109 Å². The van der Waals surface area contributed by atoms with Gasteiger partial charge in [-0.2, -0.15) is 0 Å². The Bertz CT molecular complexity index is 1600. The van der Waals surface area contributed by atoms with Crippen molar-refractivity contribution in [1.29, 1.82) is 0 Å². The second kappa shape index (κ2) is 47.7. The lowest BCUT2D eigenvalue weighted by Gasteiger charge is -2.41. The van der Waals surface area contributed by atoms with Gasteiger partial charge >= 0.3 is 13.8 Å². The number of phosphoric ester groups is 1. The van der Waals surface area contributed by atoms with Gasteiger partial charge in [0, 0.05) is 13.0 Å². The molecule has 0 bridgehead atoms. The van der Waals surface area contributed by atoms with Crippen molar-refractivity contribution in [2.75, 3.05) is 19.8 Å². The van der Waals surface area contributed by atoms with E-state index in [0.717, 1.165) is 96.3 Å². The zero-order valence-corrected chi connectivity index (χ0v) is 45.3. The Balaban J connectivity index is 2.36. The number of hydrogen-bond donors (Lipinski definition) is 6. The molecule has 72 heavy (non-hydrogen) atoms. The predicted octanol–water partition coefficient (Wildman–Crippen LogP) is 13.2. The van der Waals surface area contributed by atoms with Crippen molar-refractivity contribution in [2.45, 2.75) is 236 Å². The molecule has 1 rings (SSSR count). The zero-order valence-electron chi connectivity index (χ0n) is 44.4. The summed E-state index contributed by atoms with van der Waals surface area (Å²) in [4.78, 5) is 23.3. The van der Waals surface area contributed by atoms with E-state index >= 15 is 0 Å². The largest absolute Gasteiger partial charge is 0.472 e. The van der Waals surface area contributed by atoms with Crippen LogP contribution in [0.1, 0.15) is 194 Å². The number of unbranched alkanes of at least 4 members (excludes halogenated alkanes) is 16. The number of aliphatic hydroxyl groups is 5. The molecule has 0 aliphatic heterocycles. The molecule has 6 N–H and O–H groups in total. The summed E-state index contributed by atoms with van der Waals surface area (Å²) in [5.74, 6) is -0.524. The minimum atomic E-state index is -5.05. The summed E-state index contributed by atoms with van der Waals surface area (Å²) in [7, 11) is -5.05. The molecule has 0 heterocycles. The fraction of sp³-hybridized carbons (Fsp3) is 0.678. The van der Waals surface area contributed by atoms with Crippen molar-refractivity contribution in [3.05, 3.63) is 109 Å². The van der Waals surface area contributed by atoms with Crippen LogP contribution in [-0.2, 0) is 27.9 Å². The highest BCUT2D eigenvalue weighted by molar-refractivity contribution is 7.47. The third-order valence-electron chi connectivity index (χ3n) is 12.1. The maximum Gasteiger partial charge on any atom is 0.472 e. The maximum atomic E-state index is 12.9. The van der Waals surface area contributed by atoms with Gasteiger partial charge in [-0.25, -0.2) is 4.57 Å². The van der Waals surface area contributed by atoms with E-state index in [4.69, 9.17) is 18.5 Å². The molecule has 0 saturated heterocycles. The number of hydrogen-bond acceptors (Lipinski definition) is 11. The highest BCUT2D eigenvalue weighted by atomic mass is 31.2. The molecule has 6 atom stereocenters. The van der Waals surface area contributed by atoms with Crippen molar-refractivity contribution in [1.82, 2.24) is 0 Å². The molecule has 13 heteroatoms. The first-order valence-corrected chi connectivity index (χ1v) is 29.2. The molecular formula is C59H99O12P. The van der Waals surface area contributed by atoms with Crippen molar-refractivity contribution in [3.63, 3.8) is 0 Å². The van der Waals surface area contributed by atoms with Gasteiger partial charge in [0.25, 0.3) is 0 Å². The van der Waals surface area contributed by atoms with Gasteiger partial charge in [-0.3, -0.25) is 13.8 Å². The Hall–Kier alpha value is -3.00. The molecule has 0 spiro atoms. The fourth-order valence-corrected chi connectivity index (χ4v) is 8.75. The van der Waals surface area contributed by atoms with Gasteiger partial charge in [0.1, 0.15) is 42.7 Å². The van der Waals surface area contributed by atoms with Gasteiger partial charge in [-0.15, -0.1) is 0 Å². The summed E-state index contributed by atoms with van der Waals surface area (Å²) in [6.07, 6.45) is 55.8. The second-order valence-corrected chi connectivity index (χ2v) is 20.1. The average molecular weight is 1030 g/mol. The molecule has 12 nitrogen and oxygen atoms in total. The van der Waals surface area contributed by atoms with Crippen LogP contribution in [0, 0.1) is 0 Å². The highest BCUT2D eigenvalue weighted by Gasteiger charge is 2.51. The SMILES string of the molecule is CC/C=C\C/C=C\C/C=C\C/C=C\C/C=C\C/C=C\CCCCC(=O)OC(COCCCCCCCCCCC/C=C\C/C=C\C/C=C\CCCCCCC)COP(=O)(O)OC1C(O)C(O)C(O)C(O)C1O. The van der Waals surface area contributed by atoms with E-state index in [2.05, 4.69) is 123 Å². The van der Waals surface area contributed by atoms with Crippen molar-refractivity contribution in [3.8, 4) is 0 Å². The van der Waals surface area contributed by atoms with E-state index in [1.165, 1.54) is 70.6 Å². The number of esters is 1. The van der Waals surface area contributed by atoms with E-state index in [0.29, 0.717) is 13.0 Å². The first-order valence-electron chi connectivity index (χ1n) is 27.7. The van der Waals surface area contributed by atoms with Gasteiger partial charge in [0.05, 0.1) is 13.2 Å². The summed E-state index contributed by atoms with van der Waals surface area (Å²) in [5.41, 5.74) is 0. The molecule has 0 radical (unpaired) electrons. The third-order valence-corrected chi connectivity index (χ3v) is 13.1. The van der Waals surface area contributed by atoms with Gasteiger partial charge < -0.3 is 39.9 Å². The summed E-state index contributed by atoms with van der Waals surface area (Å²) in [6.45, 7) is 4.08. The third kappa shape index (κ3) is 38.6. The first kappa shape index (κ1) is 67.0. The molecule has 0 aromatic rings. The number of aliphatic hydroxyl groups excluding tert-OH is 5. The summed E-state index contributed by atoms with van der Waals surface area (Å²) >= 11 is 0. The molecular weight excluding hydrogens is 932 g/mol. The molecule has 1 fully saturated rings. The molecule has 1 saturated carbocycles. The number of rotatable bonds is 46. The van der Waals surface area contributed by atoms with Crippen LogP contribution in [0.4, 0.5) is 0 Å². The molecule has 0 aromatic heterocycles. The Kier molecular flexibility index (Phi) is 44.4. The van der Waals surface area contributed by atoms with Crippen LogP contribution in [0.3, 0.4) is 0 Å². The second-order valence-electron chi connectivity index (χ2n) is 18.7. The van der Waals surface area contributed by atoms with Gasteiger partial charge in [-0.05, 0) is 103 Å². The van der Waals surface area contributed by atoms with Crippen LogP contribution in [0.2, 0.25) is 0 Å². The number of carbonyl (C=O) groups is 1. The van der Waals surface area contributed by atoms with Crippen LogP contribution < -0.4 is 0 Å². The van der Waals surface area contributed by atoms with Gasteiger partial charge in [0.2, 0.25) is 0 Å². The number of ether oxygens (including phenoxy) is 2. The van der Waals surface area contributed by atoms with Gasteiger partial charge in [0.15, 0.2) is 0 Å². The summed E-state index contributed by atoms with van der Waals surface area (Å²) < 4.78 is 34.3. The zero-order chi connectivity index (χ0) is 52.6. The monoisotopic (exact) mass is 1030 g/mol. The molecule has 412 valence electrons. The van der Waals surface area contributed by atoms with E-state index in [9.17, 15) is 39.8 Å². The smallest absolute Gasteiger partial charge is 0.457 e. The van der Waals surface area contributed by atoms with Crippen LogP contribution in [0.5, 0.6) is 0 Å². The lowest BCUT2D eigenvalue weighted by Crippen LogP contribution is -2.64. The van der Waals surface area contributed by atoms with Crippen LogP contribution in [-0.4, -0.2) is 98.9 Å². The Morgan fingerprint density at radius 1 is 0.458 bits per heavy atom. The Morgan fingerprint density at radius 3 is 1.25 bits per heavy atom. The minimum Gasteiger partial charge on any atom is -0.457 e. The van der Waals surface area contributed by atoms with E-state index in [-0.39, 0.29) is 13.0 Å². The highest BCUT2D eigenvalue weighted by Crippen LogP contribution is 2.47. The molecule has 0 amide bonds. The van der Waals surface area contributed by atoms with E-state index < -0.39 is 63.1 Å². The number of phosphoric acid groups is 1. The van der Waals surface area contributed by atoms with Gasteiger partial charge in [-0.1, -0.05) is 194 Å². The van der Waals surface area contributed by atoms with E-state index in [1.807, 2.05) is 0 Å². The Labute approximate surface area is 436 Å².